The van der Waals surface area contributed by atoms with E-state index in [1.165, 1.54) is 17.5 Å². The molecule has 3 aromatic rings. The molecule has 0 bridgehead atoms. The normalized spacial score (nSPS) is 10.5. The second-order valence-electron chi connectivity index (χ2n) is 3.95. The van der Waals surface area contributed by atoms with Crippen LogP contribution in [0.3, 0.4) is 0 Å². The molecule has 94 valence electrons. The minimum absolute atomic E-state index is 0.0808. The molecule has 0 saturated heterocycles. The van der Waals surface area contributed by atoms with Gasteiger partial charge in [0.15, 0.2) is 5.78 Å². The first-order valence-electron chi connectivity index (χ1n) is 5.72. The maximum absolute atomic E-state index is 11.9. The Morgan fingerprint density at radius 2 is 2.11 bits per heavy atom. The average molecular weight is 270 g/mol. The summed E-state index contributed by atoms with van der Waals surface area (Å²) in [4.78, 5) is 16.3. The first-order valence-corrected chi connectivity index (χ1v) is 6.59. The molecular formula is C13H10N4OS. The maximum atomic E-state index is 11.9. The number of benzene rings is 1. The standard InChI is InChI=1S/C13H10N4OS/c18-12(10-7-14-17-16-10)6-13-15-11(8-19-13)9-4-2-1-3-5-9/h1-5,7-8H,6H2,(H,14,16,17). The Bertz CT molecular complexity index is 676. The summed E-state index contributed by atoms with van der Waals surface area (Å²) < 4.78 is 0. The minimum atomic E-state index is -0.0808. The van der Waals surface area contributed by atoms with Crippen molar-refractivity contribution in [1.29, 1.82) is 0 Å². The summed E-state index contributed by atoms with van der Waals surface area (Å²) in [7, 11) is 0. The lowest BCUT2D eigenvalue weighted by molar-refractivity contribution is 0.0988. The van der Waals surface area contributed by atoms with Crippen LogP contribution in [0.5, 0.6) is 0 Å². The van der Waals surface area contributed by atoms with Gasteiger partial charge in [-0.05, 0) is 0 Å². The van der Waals surface area contributed by atoms with E-state index in [-0.39, 0.29) is 12.2 Å². The SMILES string of the molecule is O=C(Cc1nc(-c2ccccc2)cs1)c1cn[nH]n1. The van der Waals surface area contributed by atoms with Crippen LogP contribution in [0.1, 0.15) is 15.5 Å². The van der Waals surface area contributed by atoms with Crippen LogP contribution in [0.15, 0.2) is 41.9 Å². The van der Waals surface area contributed by atoms with Gasteiger partial charge in [-0.15, -0.1) is 11.3 Å². The number of nitrogens with zero attached hydrogens (tertiary/aromatic N) is 3. The van der Waals surface area contributed by atoms with Gasteiger partial charge in [0.2, 0.25) is 0 Å². The molecule has 0 aliphatic heterocycles. The van der Waals surface area contributed by atoms with Gasteiger partial charge in [0.05, 0.1) is 18.3 Å². The highest BCUT2D eigenvalue weighted by molar-refractivity contribution is 7.10. The number of rotatable bonds is 4. The van der Waals surface area contributed by atoms with Gasteiger partial charge in [-0.25, -0.2) is 4.98 Å². The Morgan fingerprint density at radius 3 is 2.84 bits per heavy atom. The smallest absolute Gasteiger partial charge is 0.191 e. The summed E-state index contributed by atoms with van der Waals surface area (Å²) in [6, 6.07) is 9.89. The van der Waals surface area contributed by atoms with Crippen LogP contribution in [-0.4, -0.2) is 26.2 Å². The van der Waals surface area contributed by atoms with E-state index < -0.39 is 0 Å². The molecule has 0 radical (unpaired) electrons. The first kappa shape index (κ1) is 11.7. The monoisotopic (exact) mass is 270 g/mol. The largest absolute Gasteiger partial charge is 0.292 e. The number of aromatic amines is 1. The first-order chi connectivity index (χ1) is 9.33. The van der Waals surface area contributed by atoms with Crippen molar-refractivity contribution >= 4 is 17.1 Å². The lowest BCUT2D eigenvalue weighted by Gasteiger charge is -1.94. The number of carbonyl (C=O) groups is 1. The van der Waals surface area contributed by atoms with Gasteiger partial charge < -0.3 is 0 Å². The number of H-pyrrole nitrogens is 1. The third-order valence-electron chi connectivity index (χ3n) is 2.63. The molecule has 19 heavy (non-hydrogen) atoms. The fraction of sp³-hybridized carbons (Fsp3) is 0.0769. The molecule has 5 nitrogen and oxygen atoms in total. The number of carbonyl (C=O) groups excluding carboxylic acids is 1. The van der Waals surface area contributed by atoms with Gasteiger partial charge in [-0.2, -0.15) is 15.4 Å². The van der Waals surface area contributed by atoms with E-state index in [0.29, 0.717) is 5.69 Å². The molecule has 0 spiro atoms. The average Bonchev–Trinajstić information content (AvgIpc) is 3.11. The Hall–Kier alpha value is -2.34. The fourth-order valence-electron chi connectivity index (χ4n) is 1.70. The molecule has 2 heterocycles. The number of hydrogen-bond donors (Lipinski definition) is 1. The van der Waals surface area contributed by atoms with Crippen molar-refractivity contribution in [3.63, 3.8) is 0 Å². The zero-order chi connectivity index (χ0) is 13.1. The Kier molecular flexibility index (Phi) is 3.16. The van der Waals surface area contributed by atoms with Crippen molar-refractivity contribution in [1.82, 2.24) is 20.4 Å². The van der Waals surface area contributed by atoms with Crippen molar-refractivity contribution in [3.05, 3.63) is 52.6 Å². The van der Waals surface area contributed by atoms with Crippen molar-refractivity contribution in [2.75, 3.05) is 0 Å². The van der Waals surface area contributed by atoms with Crippen molar-refractivity contribution < 1.29 is 4.79 Å². The van der Waals surface area contributed by atoms with Crippen molar-refractivity contribution in [2.45, 2.75) is 6.42 Å². The molecule has 3 rings (SSSR count). The second-order valence-corrected chi connectivity index (χ2v) is 4.89. The second kappa shape index (κ2) is 5.11. The predicted molar refractivity (Wildman–Crippen MR) is 72.0 cm³/mol. The predicted octanol–water partition coefficient (Wildman–Crippen LogP) is 2.35. The Morgan fingerprint density at radius 1 is 1.26 bits per heavy atom. The molecule has 1 N–H and O–H groups in total. The van der Waals surface area contributed by atoms with Crippen LogP contribution in [-0.2, 0) is 6.42 Å². The highest BCUT2D eigenvalue weighted by Gasteiger charge is 2.13. The van der Waals surface area contributed by atoms with E-state index >= 15 is 0 Å². The van der Waals surface area contributed by atoms with Gasteiger partial charge >= 0.3 is 0 Å². The molecule has 0 amide bonds. The van der Waals surface area contributed by atoms with E-state index in [1.54, 1.807) is 0 Å². The topological polar surface area (TPSA) is 71.5 Å². The summed E-state index contributed by atoms with van der Waals surface area (Å²) in [6.45, 7) is 0. The summed E-state index contributed by atoms with van der Waals surface area (Å²) in [5.41, 5.74) is 2.30. The number of ketones is 1. The van der Waals surface area contributed by atoms with Crippen molar-refractivity contribution in [2.24, 2.45) is 0 Å². The van der Waals surface area contributed by atoms with E-state index in [0.717, 1.165) is 16.3 Å². The van der Waals surface area contributed by atoms with E-state index in [2.05, 4.69) is 20.4 Å². The fourth-order valence-corrected chi connectivity index (χ4v) is 2.50. The number of hydrogen-bond acceptors (Lipinski definition) is 5. The molecule has 1 aromatic carbocycles. The minimum Gasteiger partial charge on any atom is -0.292 e. The summed E-state index contributed by atoms with van der Waals surface area (Å²) in [6.07, 6.45) is 1.68. The van der Waals surface area contributed by atoms with Gasteiger partial charge in [-0.1, -0.05) is 30.3 Å². The third-order valence-corrected chi connectivity index (χ3v) is 3.48. The summed E-state index contributed by atoms with van der Waals surface area (Å²) in [5.74, 6) is -0.0808. The number of nitrogens with one attached hydrogen (secondary N) is 1. The van der Waals surface area contributed by atoms with Gasteiger partial charge in [-0.3, -0.25) is 4.79 Å². The molecule has 2 aromatic heterocycles. The van der Waals surface area contributed by atoms with Crippen LogP contribution in [0, 0.1) is 0 Å². The molecule has 6 heteroatoms. The van der Waals surface area contributed by atoms with Crippen molar-refractivity contribution in [3.8, 4) is 11.3 Å². The highest BCUT2D eigenvalue weighted by Crippen LogP contribution is 2.22. The molecule has 0 saturated carbocycles. The lowest BCUT2D eigenvalue weighted by Crippen LogP contribution is -2.03. The highest BCUT2D eigenvalue weighted by atomic mass is 32.1. The molecule has 0 unspecified atom stereocenters. The summed E-state index contributed by atoms with van der Waals surface area (Å²) >= 11 is 1.48. The van der Waals surface area contributed by atoms with Crippen LogP contribution < -0.4 is 0 Å². The van der Waals surface area contributed by atoms with E-state index in [9.17, 15) is 4.79 Å². The lowest BCUT2D eigenvalue weighted by atomic mass is 10.2. The maximum Gasteiger partial charge on any atom is 0.191 e. The molecule has 0 aliphatic carbocycles. The number of thiazole rings is 1. The number of Topliss-reactive ketones (excluding diaryl/α,β-unsaturated/α-hetero) is 1. The molecular weight excluding hydrogens is 260 g/mol. The zero-order valence-corrected chi connectivity index (χ0v) is 10.7. The van der Waals surface area contributed by atoms with Crippen LogP contribution in [0.2, 0.25) is 0 Å². The van der Waals surface area contributed by atoms with Gasteiger partial charge in [0.25, 0.3) is 0 Å². The van der Waals surface area contributed by atoms with Crippen LogP contribution >= 0.6 is 11.3 Å². The summed E-state index contributed by atoms with van der Waals surface area (Å²) in [5, 5.41) is 12.6. The molecule has 0 fully saturated rings. The number of aromatic nitrogens is 4. The third kappa shape index (κ3) is 2.58. The zero-order valence-electron chi connectivity index (χ0n) is 9.91. The van der Waals surface area contributed by atoms with Gasteiger partial charge in [0, 0.05) is 10.9 Å². The van der Waals surface area contributed by atoms with Crippen LogP contribution in [0.4, 0.5) is 0 Å². The van der Waals surface area contributed by atoms with Crippen LogP contribution in [0.25, 0.3) is 11.3 Å². The van der Waals surface area contributed by atoms with E-state index in [1.807, 2.05) is 35.7 Å². The molecule has 0 aliphatic rings. The Balaban J connectivity index is 1.77. The molecule has 0 atom stereocenters. The quantitative estimate of drug-likeness (QED) is 0.739. The Labute approximate surface area is 113 Å². The van der Waals surface area contributed by atoms with E-state index in [4.69, 9.17) is 0 Å². The van der Waals surface area contributed by atoms with Gasteiger partial charge in [0.1, 0.15) is 10.7 Å².